The van der Waals surface area contributed by atoms with Crippen LogP contribution >= 0.6 is 0 Å². The minimum Gasteiger partial charge on any atom is -0.445 e. The molecule has 1 heterocycles. The van der Waals surface area contributed by atoms with Gasteiger partial charge in [0, 0.05) is 13.3 Å². The first kappa shape index (κ1) is 22.3. The van der Waals surface area contributed by atoms with Gasteiger partial charge in [-0.1, -0.05) is 51.5 Å². The van der Waals surface area contributed by atoms with E-state index in [1.54, 1.807) is 0 Å². The summed E-state index contributed by atoms with van der Waals surface area (Å²) in [5.74, 6) is 10.3. The molecule has 0 aromatic rings. The molecule has 0 N–H and O–H groups in total. The van der Waals surface area contributed by atoms with Gasteiger partial charge in [0.05, 0.1) is 12.2 Å². The van der Waals surface area contributed by atoms with Crippen LogP contribution < -0.4 is 0 Å². The van der Waals surface area contributed by atoms with Crippen molar-refractivity contribution in [3.63, 3.8) is 0 Å². The van der Waals surface area contributed by atoms with Crippen molar-refractivity contribution in [2.75, 3.05) is 0 Å². The van der Waals surface area contributed by atoms with Crippen molar-refractivity contribution in [1.29, 1.82) is 0 Å². The Labute approximate surface area is 158 Å². The summed E-state index contributed by atoms with van der Waals surface area (Å²) in [5, 5.41) is 0. The van der Waals surface area contributed by atoms with E-state index in [1.807, 2.05) is 13.8 Å². The van der Waals surface area contributed by atoms with Gasteiger partial charge < -0.3 is 14.2 Å². The lowest BCUT2D eigenvalue weighted by atomic mass is 10.0. The van der Waals surface area contributed by atoms with Gasteiger partial charge in [-0.3, -0.25) is 4.79 Å². The third kappa shape index (κ3) is 9.09. The molecule has 0 aliphatic carbocycles. The largest absolute Gasteiger partial charge is 0.445 e. The van der Waals surface area contributed by atoms with Gasteiger partial charge in [-0.15, -0.1) is 0 Å². The molecule has 0 aromatic heterocycles. The number of esters is 1. The highest BCUT2D eigenvalue weighted by Crippen LogP contribution is 2.32. The third-order valence-corrected chi connectivity index (χ3v) is 4.05. The maximum atomic E-state index is 10.9. The van der Waals surface area contributed by atoms with E-state index in [1.165, 1.54) is 38.7 Å². The second-order valence-electron chi connectivity index (χ2n) is 6.96. The standard InChI is InChI=1S/C22H32O4/c1-6-8-9-10-13-16-20-21(26-22(4,5)25-20)17-14-11-12-15-19(7-2)24-18(3)23/h7,19-21H,2,6,8-10,13,16-17H2,1,3-5H3/t19-,20-,21-/m1/s1. The molecule has 0 aromatic carbocycles. The average molecular weight is 360 g/mol. The van der Waals surface area contributed by atoms with E-state index in [9.17, 15) is 4.79 Å². The number of carbonyl (C=O) groups is 1. The van der Waals surface area contributed by atoms with Crippen LogP contribution in [0.3, 0.4) is 0 Å². The highest BCUT2D eigenvalue weighted by molar-refractivity contribution is 5.66. The minimum atomic E-state index is -0.623. The zero-order chi connectivity index (χ0) is 19.4. The molecule has 1 aliphatic heterocycles. The van der Waals surface area contributed by atoms with Crippen LogP contribution in [-0.4, -0.2) is 30.1 Å². The van der Waals surface area contributed by atoms with Gasteiger partial charge in [0.2, 0.25) is 0 Å². The molecule has 1 aliphatic rings. The fourth-order valence-electron chi connectivity index (χ4n) is 2.89. The van der Waals surface area contributed by atoms with E-state index in [-0.39, 0.29) is 12.2 Å². The van der Waals surface area contributed by atoms with Crippen LogP contribution in [0.25, 0.3) is 0 Å². The minimum absolute atomic E-state index is 0.0332. The molecule has 0 bridgehead atoms. The second kappa shape index (κ2) is 11.8. The Bertz CT molecular complexity index is 570. The van der Waals surface area contributed by atoms with Crippen LogP contribution in [0.2, 0.25) is 0 Å². The Hall–Kier alpha value is -1.75. The van der Waals surface area contributed by atoms with Gasteiger partial charge in [0.25, 0.3) is 0 Å². The summed E-state index contributed by atoms with van der Waals surface area (Å²) in [7, 11) is 0. The Morgan fingerprint density at radius 1 is 1.19 bits per heavy atom. The fourth-order valence-corrected chi connectivity index (χ4v) is 2.89. The lowest BCUT2D eigenvalue weighted by molar-refractivity contribution is -0.146. The molecule has 3 atom stereocenters. The van der Waals surface area contributed by atoms with E-state index >= 15 is 0 Å². The van der Waals surface area contributed by atoms with E-state index in [0.29, 0.717) is 6.42 Å². The number of unbranched alkanes of at least 4 members (excludes halogenated alkanes) is 4. The van der Waals surface area contributed by atoms with Crippen molar-refractivity contribution in [2.24, 2.45) is 0 Å². The summed E-state index contributed by atoms with van der Waals surface area (Å²) in [6.45, 7) is 11.0. The zero-order valence-electron chi connectivity index (χ0n) is 16.6. The molecule has 1 saturated heterocycles. The van der Waals surface area contributed by atoms with Crippen molar-refractivity contribution < 1.29 is 19.0 Å². The predicted molar refractivity (Wildman–Crippen MR) is 103 cm³/mol. The number of carbonyl (C=O) groups excluding carboxylic acids is 1. The average Bonchev–Trinajstić information content (AvgIpc) is 2.86. The molecular weight excluding hydrogens is 328 g/mol. The summed E-state index contributed by atoms with van der Waals surface area (Å²) < 4.78 is 17.0. The number of hydrogen-bond acceptors (Lipinski definition) is 4. The summed E-state index contributed by atoms with van der Waals surface area (Å²) >= 11 is 0. The van der Waals surface area contributed by atoms with Crippen LogP contribution in [0, 0.1) is 23.7 Å². The van der Waals surface area contributed by atoms with Crippen molar-refractivity contribution in [3.05, 3.63) is 12.7 Å². The third-order valence-electron chi connectivity index (χ3n) is 4.05. The van der Waals surface area contributed by atoms with E-state index in [0.717, 1.165) is 12.8 Å². The van der Waals surface area contributed by atoms with E-state index in [2.05, 4.69) is 37.2 Å². The number of rotatable bonds is 9. The first-order chi connectivity index (χ1) is 12.4. The summed E-state index contributed by atoms with van der Waals surface area (Å²) in [6.07, 6.45) is 8.67. The van der Waals surface area contributed by atoms with Crippen LogP contribution in [0.15, 0.2) is 12.7 Å². The van der Waals surface area contributed by atoms with Crippen LogP contribution in [0.1, 0.15) is 72.6 Å². The van der Waals surface area contributed by atoms with Crippen molar-refractivity contribution >= 4 is 5.97 Å². The highest BCUT2D eigenvalue weighted by Gasteiger charge is 2.40. The molecule has 1 rings (SSSR count). The molecular formula is C22H32O4. The molecule has 4 nitrogen and oxygen atoms in total. The Morgan fingerprint density at radius 3 is 2.54 bits per heavy atom. The first-order valence-electron chi connectivity index (χ1n) is 9.51. The SMILES string of the molecule is C=C[C@H](C#CC#CC[C@H]1OC(C)(C)O[C@@H]1CCCCCCC)OC(C)=O. The van der Waals surface area contributed by atoms with Gasteiger partial charge in [-0.05, 0) is 44.1 Å². The van der Waals surface area contributed by atoms with Gasteiger partial charge in [0.15, 0.2) is 11.9 Å². The Balaban J connectivity index is 2.50. The summed E-state index contributed by atoms with van der Waals surface area (Å²) in [4.78, 5) is 10.9. The first-order valence-corrected chi connectivity index (χ1v) is 9.51. The number of hydrogen-bond donors (Lipinski definition) is 0. The molecule has 0 amide bonds. The lowest BCUT2D eigenvalue weighted by Gasteiger charge is -2.16. The van der Waals surface area contributed by atoms with Crippen LogP contribution in [0.5, 0.6) is 0 Å². The maximum Gasteiger partial charge on any atom is 0.304 e. The van der Waals surface area contributed by atoms with Crippen LogP contribution in [-0.2, 0) is 19.0 Å². The van der Waals surface area contributed by atoms with Crippen LogP contribution in [0.4, 0.5) is 0 Å². The molecule has 144 valence electrons. The molecule has 1 fully saturated rings. The fraction of sp³-hybridized carbons (Fsp3) is 0.682. The highest BCUT2D eigenvalue weighted by atomic mass is 16.7. The summed E-state index contributed by atoms with van der Waals surface area (Å²) in [5.41, 5.74) is 0. The Morgan fingerprint density at radius 2 is 1.88 bits per heavy atom. The van der Waals surface area contributed by atoms with Gasteiger partial charge in [0.1, 0.15) is 0 Å². The maximum absolute atomic E-state index is 10.9. The quantitative estimate of drug-likeness (QED) is 0.265. The lowest BCUT2D eigenvalue weighted by Crippen LogP contribution is -2.21. The van der Waals surface area contributed by atoms with Gasteiger partial charge in [-0.2, -0.15) is 0 Å². The normalized spacial score (nSPS) is 21.7. The van der Waals surface area contributed by atoms with Crippen molar-refractivity contribution in [1.82, 2.24) is 0 Å². The monoisotopic (exact) mass is 360 g/mol. The predicted octanol–water partition coefficient (Wildman–Crippen LogP) is 4.38. The van der Waals surface area contributed by atoms with Crippen molar-refractivity contribution in [3.8, 4) is 23.7 Å². The molecule has 0 unspecified atom stereocenters. The molecule has 4 heteroatoms. The molecule has 0 radical (unpaired) electrons. The van der Waals surface area contributed by atoms with Gasteiger partial charge in [-0.25, -0.2) is 0 Å². The van der Waals surface area contributed by atoms with Gasteiger partial charge >= 0.3 is 5.97 Å². The summed E-state index contributed by atoms with van der Waals surface area (Å²) in [6, 6.07) is 0. The number of ether oxygens (including phenoxy) is 3. The smallest absolute Gasteiger partial charge is 0.304 e. The van der Waals surface area contributed by atoms with E-state index < -0.39 is 17.9 Å². The molecule has 26 heavy (non-hydrogen) atoms. The molecule has 0 spiro atoms. The van der Waals surface area contributed by atoms with Crippen molar-refractivity contribution in [2.45, 2.75) is 96.7 Å². The molecule has 0 saturated carbocycles. The Kier molecular flexibility index (Phi) is 10.1. The second-order valence-corrected chi connectivity index (χ2v) is 6.96. The zero-order valence-corrected chi connectivity index (χ0v) is 16.6. The van der Waals surface area contributed by atoms with E-state index in [4.69, 9.17) is 14.2 Å². The topological polar surface area (TPSA) is 44.8 Å².